The first-order valence-electron chi connectivity index (χ1n) is 7.62. The Hall–Kier alpha value is -2.60. The lowest BCUT2D eigenvalue weighted by Gasteiger charge is -2.14. The molecule has 0 radical (unpaired) electrons. The van der Waals surface area contributed by atoms with Gasteiger partial charge in [0.05, 0.1) is 18.8 Å². The van der Waals surface area contributed by atoms with Gasteiger partial charge in [-0.25, -0.2) is 9.50 Å². The van der Waals surface area contributed by atoms with E-state index in [1.165, 1.54) is 4.52 Å². The number of imidazole rings is 1. The number of halogens is 1. The van der Waals surface area contributed by atoms with Crippen molar-refractivity contribution in [3.8, 4) is 5.75 Å². The molecular formula is C17H17ClN4O2. The van der Waals surface area contributed by atoms with E-state index in [2.05, 4.69) is 15.4 Å². The maximum absolute atomic E-state index is 12.4. The fraction of sp³-hybridized carbons (Fsp3) is 0.235. The molecule has 0 saturated heterocycles. The minimum absolute atomic E-state index is 0.158. The molecule has 0 saturated carbocycles. The fourth-order valence-corrected chi connectivity index (χ4v) is 2.49. The second-order valence-corrected chi connectivity index (χ2v) is 5.67. The highest BCUT2D eigenvalue weighted by atomic mass is 35.5. The number of hydrogen-bond acceptors (Lipinski definition) is 4. The zero-order valence-corrected chi connectivity index (χ0v) is 14.1. The third-order valence-corrected chi connectivity index (χ3v) is 3.76. The van der Waals surface area contributed by atoms with Gasteiger partial charge in [0.15, 0.2) is 5.65 Å². The van der Waals surface area contributed by atoms with E-state index < -0.39 is 0 Å². The molecule has 2 heterocycles. The summed E-state index contributed by atoms with van der Waals surface area (Å²) in [4.78, 5) is 16.6. The van der Waals surface area contributed by atoms with E-state index in [9.17, 15) is 4.79 Å². The molecule has 7 heteroatoms. The van der Waals surface area contributed by atoms with Crippen LogP contribution < -0.4 is 10.1 Å². The van der Waals surface area contributed by atoms with E-state index in [0.29, 0.717) is 23.1 Å². The first-order valence-corrected chi connectivity index (χ1v) is 8.00. The molecule has 2 aromatic heterocycles. The molecule has 0 bridgehead atoms. The third-order valence-electron chi connectivity index (χ3n) is 3.56. The molecule has 6 nitrogen and oxygen atoms in total. The first kappa shape index (κ1) is 16.3. The molecule has 1 N–H and O–H groups in total. The van der Waals surface area contributed by atoms with E-state index in [1.54, 1.807) is 18.3 Å². The molecule has 0 aliphatic heterocycles. The first-order chi connectivity index (χ1) is 11.6. The molecule has 0 fully saturated rings. The molecule has 0 aliphatic rings. The second kappa shape index (κ2) is 6.88. The van der Waals surface area contributed by atoms with Gasteiger partial charge in [0.25, 0.3) is 5.91 Å². The lowest BCUT2D eigenvalue weighted by Crippen LogP contribution is -2.26. The number of hydrogen-bond donors (Lipinski definition) is 1. The van der Waals surface area contributed by atoms with E-state index in [1.807, 2.05) is 38.1 Å². The van der Waals surface area contributed by atoms with Crippen molar-refractivity contribution in [2.45, 2.75) is 19.9 Å². The average molecular weight is 345 g/mol. The highest BCUT2D eigenvalue weighted by Gasteiger charge is 2.15. The lowest BCUT2D eigenvalue weighted by molar-refractivity contribution is 0.0935. The highest BCUT2D eigenvalue weighted by molar-refractivity contribution is 6.29. The maximum Gasteiger partial charge on any atom is 0.272 e. The maximum atomic E-state index is 12.4. The number of rotatable bonds is 5. The number of aromatic nitrogens is 3. The fourth-order valence-electron chi connectivity index (χ4n) is 2.34. The number of amides is 1. The normalized spacial score (nSPS) is 12.1. The molecule has 24 heavy (non-hydrogen) atoms. The van der Waals surface area contributed by atoms with Crippen molar-refractivity contribution in [3.63, 3.8) is 0 Å². The van der Waals surface area contributed by atoms with Gasteiger partial charge in [0.2, 0.25) is 0 Å². The second-order valence-electron chi connectivity index (χ2n) is 5.28. The molecule has 0 spiro atoms. The van der Waals surface area contributed by atoms with Crippen LogP contribution in [0.25, 0.3) is 5.65 Å². The number of nitrogens with zero attached hydrogens (tertiary/aromatic N) is 3. The summed E-state index contributed by atoms with van der Waals surface area (Å²) >= 11 is 5.84. The number of fused-ring (bicyclic) bond motifs is 1. The predicted octanol–water partition coefficient (Wildman–Crippen LogP) is 3.27. The van der Waals surface area contributed by atoms with Crippen molar-refractivity contribution < 1.29 is 9.53 Å². The van der Waals surface area contributed by atoms with Crippen LogP contribution in [0.3, 0.4) is 0 Å². The summed E-state index contributed by atoms with van der Waals surface area (Å²) in [5, 5.41) is 7.33. The number of nitrogens with one attached hydrogen (secondary N) is 1. The Morgan fingerprint density at radius 1 is 1.29 bits per heavy atom. The molecule has 1 unspecified atom stereocenters. The summed E-state index contributed by atoms with van der Waals surface area (Å²) in [7, 11) is 0. The Morgan fingerprint density at radius 3 is 2.75 bits per heavy atom. The lowest BCUT2D eigenvalue weighted by atomic mass is 10.1. The smallest absolute Gasteiger partial charge is 0.272 e. The van der Waals surface area contributed by atoms with E-state index in [-0.39, 0.29) is 11.9 Å². The van der Waals surface area contributed by atoms with Crippen LogP contribution in [0, 0.1) is 0 Å². The molecule has 3 rings (SSSR count). The molecular weight excluding hydrogens is 328 g/mol. The SMILES string of the molecule is CCOc1ccc(C(C)NC(=O)c2cn3nc(Cl)ccc3n2)cc1. The molecule has 0 aliphatic carbocycles. The van der Waals surface area contributed by atoms with Crippen LogP contribution in [0.5, 0.6) is 5.75 Å². The van der Waals surface area contributed by atoms with Crippen molar-refractivity contribution in [2.75, 3.05) is 6.61 Å². The summed E-state index contributed by atoms with van der Waals surface area (Å²) in [5.74, 6) is 0.543. The molecule has 124 valence electrons. The molecule has 1 aromatic carbocycles. The van der Waals surface area contributed by atoms with Crippen LogP contribution in [-0.4, -0.2) is 27.1 Å². The minimum atomic E-state index is -0.266. The zero-order valence-electron chi connectivity index (χ0n) is 13.4. The minimum Gasteiger partial charge on any atom is -0.494 e. The Labute approximate surface area is 144 Å². The largest absolute Gasteiger partial charge is 0.494 e. The van der Waals surface area contributed by atoms with E-state index >= 15 is 0 Å². The van der Waals surface area contributed by atoms with Crippen LogP contribution in [0.1, 0.15) is 35.9 Å². The van der Waals surface area contributed by atoms with Crippen LogP contribution in [0.4, 0.5) is 0 Å². The van der Waals surface area contributed by atoms with Crippen molar-refractivity contribution >= 4 is 23.2 Å². The Bertz CT molecular complexity index is 861. The Kier molecular flexibility index (Phi) is 4.66. The van der Waals surface area contributed by atoms with Gasteiger partial charge in [0, 0.05) is 0 Å². The van der Waals surface area contributed by atoms with Crippen molar-refractivity contribution in [1.82, 2.24) is 19.9 Å². The van der Waals surface area contributed by atoms with Crippen LogP contribution >= 0.6 is 11.6 Å². The number of carbonyl (C=O) groups is 1. The predicted molar refractivity (Wildman–Crippen MR) is 91.5 cm³/mol. The van der Waals surface area contributed by atoms with Gasteiger partial charge >= 0.3 is 0 Å². The molecule has 3 aromatic rings. The van der Waals surface area contributed by atoms with Crippen LogP contribution in [-0.2, 0) is 0 Å². The van der Waals surface area contributed by atoms with Crippen molar-refractivity contribution in [1.29, 1.82) is 0 Å². The van der Waals surface area contributed by atoms with Gasteiger partial charge < -0.3 is 10.1 Å². The van der Waals surface area contributed by atoms with Gasteiger partial charge in [0.1, 0.15) is 16.6 Å². The summed E-state index contributed by atoms with van der Waals surface area (Å²) in [6.07, 6.45) is 1.56. The summed E-state index contributed by atoms with van der Waals surface area (Å²) in [6, 6.07) is 10.8. The van der Waals surface area contributed by atoms with Crippen molar-refractivity contribution in [2.24, 2.45) is 0 Å². The van der Waals surface area contributed by atoms with E-state index in [4.69, 9.17) is 16.3 Å². The summed E-state index contributed by atoms with van der Waals surface area (Å²) < 4.78 is 6.90. The third kappa shape index (κ3) is 3.49. The monoisotopic (exact) mass is 344 g/mol. The van der Waals surface area contributed by atoms with Gasteiger partial charge in [-0.3, -0.25) is 4.79 Å². The Morgan fingerprint density at radius 2 is 2.04 bits per heavy atom. The average Bonchev–Trinajstić information content (AvgIpc) is 2.99. The van der Waals surface area contributed by atoms with E-state index in [0.717, 1.165) is 11.3 Å². The number of benzene rings is 1. The summed E-state index contributed by atoms with van der Waals surface area (Å²) in [5.41, 5.74) is 1.84. The topological polar surface area (TPSA) is 68.5 Å². The van der Waals surface area contributed by atoms with Gasteiger partial charge in [-0.2, -0.15) is 5.10 Å². The molecule has 1 amide bonds. The van der Waals surface area contributed by atoms with Gasteiger partial charge in [-0.15, -0.1) is 0 Å². The van der Waals surface area contributed by atoms with Gasteiger partial charge in [-0.05, 0) is 43.7 Å². The van der Waals surface area contributed by atoms with Gasteiger partial charge in [-0.1, -0.05) is 23.7 Å². The highest BCUT2D eigenvalue weighted by Crippen LogP contribution is 2.18. The number of ether oxygens (including phenoxy) is 1. The quantitative estimate of drug-likeness (QED) is 0.771. The standard InChI is InChI=1S/C17H17ClN4O2/c1-3-24-13-6-4-12(5-7-13)11(2)19-17(23)14-10-22-16(20-14)9-8-15(18)21-22/h4-11H,3H2,1-2H3,(H,19,23). The number of carbonyl (C=O) groups excluding carboxylic acids is 1. The van der Waals surface area contributed by atoms with Crippen molar-refractivity contribution in [3.05, 3.63) is 59.0 Å². The van der Waals surface area contributed by atoms with Crippen LogP contribution in [0.15, 0.2) is 42.6 Å². The zero-order chi connectivity index (χ0) is 17.1. The summed E-state index contributed by atoms with van der Waals surface area (Å²) in [6.45, 7) is 4.48. The Balaban J connectivity index is 1.72. The van der Waals surface area contributed by atoms with Crippen LogP contribution in [0.2, 0.25) is 5.15 Å². The molecule has 1 atom stereocenters.